The van der Waals surface area contributed by atoms with Crippen LogP contribution in [0.25, 0.3) is 11.4 Å². The van der Waals surface area contributed by atoms with Crippen LogP contribution in [-0.4, -0.2) is 48.0 Å². The molecular formula is C16H21N5O. The number of nitrogens with zero attached hydrogens (tertiary/aromatic N) is 3. The predicted octanol–water partition coefficient (Wildman–Crippen LogP) is 1.33. The van der Waals surface area contributed by atoms with Crippen LogP contribution in [0.2, 0.25) is 0 Å². The Morgan fingerprint density at radius 2 is 1.95 bits per heavy atom. The molecule has 0 aliphatic rings. The van der Waals surface area contributed by atoms with Crippen molar-refractivity contribution in [3.8, 4) is 11.4 Å². The molecule has 1 aromatic carbocycles. The molecule has 0 saturated heterocycles. The second-order valence-electron chi connectivity index (χ2n) is 5.42. The van der Waals surface area contributed by atoms with Crippen molar-refractivity contribution in [1.82, 2.24) is 20.2 Å². The van der Waals surface area contributed by atoms with E-state index in [0.717, 1.165) is 17.7 Å². The first-order valence-electron chi connectivity index (χ1n) is 7.10. The summed E-state index contributed by atoms with van der Waals surface area (Å²) in [5.41, 5.74) is 8.23. The summed E-state index contributed by atoms with van der Waals surface area (Å²) in [7, 11) is 3.89. The summed E-state index contributed by atoms with van der Waals surface area (Å²) in [5, 5.41) is 2.80. The molecule has 0 aliphatic heterocycles. The van der Waals surface area contributed by atoms with Gasteiger partial charge in [-0.1, -0.05) is 29.8 Å². The molecular weight excluding hydrogens is 278 g/mol. The van der Waals surface area contributed by atoms with Crippen molar-refractivity contribution in [2.45, 2.75) is 6.92 Å². The first-order chi connectivity index (χ1) is 10.5. The van der Waals surface area contributed by atoms with Gasteiger partial charge in [-0.3, -0.25) is 4.79 Å². The third-order valence-electron chi connectivity index (χ3n) is 3.22. The number of aryl methyl sites for hydroxylation is 1. The molecule has 0 saturated carbocycles. The number of rotatable bonds is 5. The molecule has 116 valence electrons. The molecule has 0 bridgehead atoms. The quantitative estimate of drug-likeness (QED) is 0.870. The zero-order valence-electron chi connectivity index (χ0n) is 13.1. The highest BCUT2D eigenvalue weighted by Crippen LogP contribution is 2.18. The minimum atomic E-state index is -0.255. The van der Waals surface area contributed by atoms with Crippen LogP contribution in [0.15, 0.2) is 30.5 Å². The fraction of sp³-hybridized carbons (Fsp3) is 0.312. The van der Waals surface area contributed by atoms with Gasteiger partial charge in [0.05, 0.1) is 5.56 Å². The lowest BCUT2D eigenvalue weighted by molar-refractivity contribution is 0.0951. The highest BCUT2D eigenvalue weighted by molar-refractivity contribution is 5.98. The van der Waals surface area contributed by atoms with Crippen LogP contribution < -0.4 is 11.1 Å². The summed E-state index contributed by atoms with van der Waals surface area (Å²) < 4.78 is 0. The third kappa shape index (κ3) is 4.02. The van der Waals surface area contributed by atoms with Gasteiger partial charge >= 0.3 is 0 Å². The lowest BCUT2D eigenvalue weighted by Gasteiger charge is -2.11. The van der Waals surface area contributed by atoms with Crippen LogP contribution in [0.1, 0.15) is 15.9 Å². The molecule has 1 aromatic heterocycles. The van der Waals surface area contributed by atoms with E-state index in [1.807, 2.05) is 50.2 Å². The predicted molar refractivity (Wildman–Crippen MR) is 87.5 cm³/mol. The molecule has 1 amide bonds. The van der Waals surface area contributed by atoms with Crippen molar-refractivity contribution in [3.05, 3.63) is 41.6 Å². The van der Waals surface area contributed by atoms with Gasteiger partial charge < -0.3 is 16.0 Å². The maximum Gasteiger partial charge on any atom is 0.256 e. The summed E-state index contributed by atoms with van der Waals surface area (Å²) in [4.78, 5) is 22.5. The van der Waals surface area contributed by atoms with Gasteiger partial charge in [0, 0.05) is 24.8 Å². The van der Waals surface area contributed by atoms with E-state index < -0.39 is 0 Å². The van der Waals surface area contributed by atoms with Crippen molar-refractivity contribution in [2.24, 2.45) is 0 Å². The summed E-state index contributed by atoms with van der Waals surface area (Å²) in [6, 6.07) is 7.83. The standard InChI is InChI=1S/C16H21N5O/c1-11-4-6-12(7-5-11)15-19-10-13(14(17)20-15)16(22)18-8-9-21(2)3/h4-7,10H,8-9H2,1-3H3,(H,18,22)(H2,17,19,20). The Morgan fingerprint density at radius 1 is 1.27 bits per heavy atom. The van der Waals surface area contributed by atoms with Gasteiger partial charge in [0.25, 0.3) is 5.91 Å². The Balaban J connectivity index is 2.12. The third-order valence-corrected chi connectivity index (χ3v) is 3.22. The average molecular weight is 299 g/mol. The SMILES string of the molecule is Cc1ccc(-c2ncc(C(=O)NCCN(C)C)c(N)n2)cc1. The number of nitrogens with one attached hydrogen (secondary N) is 1. The Kier molecular flexibility index (Phi) is 5.06. The number of anilines is 1. The maximum atomic E-state index is 12.0. The van der Waals surface area contributed by atoms with Crippen molar-refractivity contribution < 1.29 is 4.79 Å². The molecule has 0 spiro atoms. The van der Waals surface area contributed by atoms with Crippen LogP contribution in [0, 0.1) is 6.92 Å². The van der Waals surface area contributed by atoms with Crippen LogP contribution in [0.4, 0.5) is 5.82 Å². The molecule has 2 rings (SSSR count). The van der Waals surface area contributed by atoms with Gasteiger partial charge in [0.15, 0.2) is 5.82 Å². The van der Waals surface area contributed by atoms with E-state index in [2.05, 4.69) is 15.3 Å². The van der Waals surface area contributed by atoms with E-state index in [1.165, 1.54) is 6.20 Å². The highest BCUT2D eigenvalue weighted by Gasteiger charge is 2.13. The van der Waals surface area contributed by atoms with Crippen molar-refractivity contribution >= 4 is 11.7 Å². The molecule has 22 heavy (non-hydrogen) atoms. The fourth-order valence-electron chi connectivity index (χ4n) is 1.90. The molecule has 6 heteroatoms. The molecule has 0 aliphatic carbocycles. The zero-order valence-corrected chi connectivity index (χ0v) is 13.1. The highest BCUT2D eigenvalue weighted by atomic mass is 16.1. The number of carbonyl (C=O) groups is 1. The van der Waals surface area contributed by atoms with Crippen LogP contribution >= 0.6 is 0 Å². The molecule has 0 atom stereocenters. The van der Waals surface area contributed by atoms with Crippen LogP contribution in [-0.2, 0) is 0 Å². The van der Waals surface area contributed by atoms with Crippen molar-refractivity contribution in [1.29, 1.82) is 0 Å². The topological polar surface area (TPSA) is 84.1 Å². The molecule has 0 unspecified atom stereocenters. The lowest BCUT2D eigenvalue weighted by atomic mass is 10.1. The minimum absolute atomic E-state index is 0.188. The monoisotopic (exact) mass is 299 g/mol. The van der Waals surface area contributed by atoms with Gasteiger partial charge in [-0.2, -0.15) is 0 Å². The Labute approximate surface area is 130 Å². The number of nitrogens with two attached hydrogens (primary N) is 1. The fourth-order valence-corrected chi connectivity index (χ4v) is 1.90. The first-order valence-corrected chi connectivity index (χ1v) is 7.10. The normalized spacial score (nSPS) is 10.7. The van der Waals surface area contributed by atoms with Gasteiger partial charge in [-0.05, 0) is 21.0 Å². The molecule has 0 radical (unpaired) electrons. The minimum Gasteiger partial charge on any atom is -0.383 e. The molecule has 0 fully saturated rings. The summed E-state index contributed by atoms with van der Waals surface area (Å²) in [6.45, 7) is 3.32. The first kappa shape index (κ1) is 15.9. The average Bonchev–Trinajstić information content (AvgIpc) is 2.47. The van der Waals surface area contributed by atoms with E-state index >= 15 is 0 Å². The van der Waals surface area contributed by atoms with Gasteiger partial charge in [-0.25, -0.2) is 9.97 Å². The summed E-state index contributed by atoms with van der Waals surface area (Å²) in [5.74, 6) is 0.449. The molecule has 1 heterocycles. The second kappa shape index (κ2) is 7.00. The number of hydrogen-bond donors (Lipinski definition) is 2. The van der Waals surface area contributed by atoms with E-state index in [-0.39, 0.29) is 11.7 Å². The molecule has 3 N–H and O–H groups in total. The Morgan fingerprint density at radius 3 is 2.55 bits per heavy atom. The number of benzene rings is 1. The summed E-state index contributed by atoms with van der Waals surface area (Å²) >= 11 is 0. The molecule has 2 aromatic rings. The molecule has 6 nitrogen and oxygen atoms in total. The van der Waals surface area contributed by atoms with Crippen molar-refractivity contribution in [2.75, 3.05) is 32.9 Å². The second-order valence-corrected chi connectivity index (χ2v) is 5.42. The zero-order chi connectivity index (χ0) is 16.1. The van der Waals surface area contributed by atoms with Gasteiger partial charge in [0.2, 0.25) is 0 Å². The van der Waals surface area contributed by atoms with Crippen LogP contribution in [0.3, 0.4) is 0 Å². The van der Waals surface area contributed by atoms with E-state index in [4.69, 9.17) is 5.73 Å². The largest absolute Gasteiger partial charge is 0.383 e. The Hall–Kier alpha value is -2.47. The number of likely N-dealkylation sites (N-methyl/N-ethyl adjacent to an activating group) is 1. The van der Waals surface area contributed by atoms with Gasteiger partial charge in [-0.15, -0.1) is 0 Å². The van der Waals surface area contributed by atoms with Crippen LogP contribution in [0.5, 0.6) is 0 Å². The lowest BCUT2D eigenvalue weighted by Crippen LogP contribution is -2.32. The van der Waals surface area contributed by atoms with Crippen molar-refractivity contribution in [3.63, 3.8) is 0 Å². The smallest absolute Gasteiger partial charge is 0.256 e. The number of carbonyl (C=O) groups excluding carboxylic acids is 1. The maximum absolute atomic E-state index is 12.0. The Bertz CT molecular complexity index is 652. The number of nitrogen functional groups attached to an aromatic ring is 1. The summed E-state index contributed by atoms with van der Waals surface area (Å²) in [6.07, 6.45) is 1.47. The number of aromatic nitrogens is 2. The number of hydrogen-bond acceptors (Lipinski definition) is 5. The van der Waals surface area contributed by atoms with E-state index in [1.54, 1.807) is 0 Å². The van der Waals surface area contributed by atoms with E-state index in [9.17, 15) is 4.79 Å². The van der Waals surface area contributed by atoms with E-state index in [0.29, 0.717) is 17.9 Å². The van der Waals surface area contributed by atoms with Gasteiger partial charge in [0.1, 0.15) is 5.82 Å². The number of amides is 1.